The Labute approximate surface area is 110 Å². The fourth-order valence-corrected chi connectivity index (χ4v) is 2.74. The van der Waals surface area contributed by atoms with Crippen molar-refractivity contribution in [3.8, 4) is 0 Å². The van der Waals surface area contributed by atoms with E-state index in [0.717, 1.165) is 17.8 Å². The van der Waals surface area contributed by atoms with Crippen molar-refractivity contribution in [3.63, 3.8) is 0 Å². The quantitative estimate of drug-likeness (QED) is 0.797. The van der Waals surface area contributed by atoms with Gasteiger partial charge < -0.3 is 11.1 Å². The van der Waals surface area contributed by atoms with Gasteiger partial charge >= 0.3 is 0 Å². The zero-order valence-electron chi connectivity index (χ0n) is 9.61. The first kappa shape index (κ1) is 12.3. The Kier molecular flexibility index (Phi) is 3.92. The van der Waals surface area contributed by atoms with Crippen LogP contribution in [-0.4, -0.2) is 0 Å². The Morgan fingerprint density at radius 3 is 2.88 bits per heavy atom. The number of nitrogen functional groups attached to an aromatic ring is 1. The van der Waals surface area contributed by atoms with Gasteiger partial charge in [-0.25, -0.2) is 0 Å². The lowest BCUT2D eigenvalue weighted by Gasteiger charge is -2.18. The normalized spacial score (nSPS) is 12.4. The lowest BCUT2D eigenvalue weighted by molar-refractivity contribution is 0.764. The zero-order valence-corrected chi connectivity index (χ0v) is 11.2. The van der Waals surface area contributed by atoms with Gasteiger partial charge in [0.05, 0.1) is 17.4 Å². The van der Waals surface area contributed by atoms with E-state index in [4.69, 9.17) is 17.3 Å². The van der Waals surface area contributed by atoms with Gasteiger partial charge in [-0.3, -0.25) is 0 Å². The number of nitrogens with one attached hydrogen (secondary N) is 1. The second-order valence-corrected chi connectivity index (χ2v) is 5.27. The smallest absolute Gasteiger partial charge is 0.0604 e. The van der Waals surface area contributed by atoms with Crippen LogP contribution in [0.15, 0.2) is 35.7 Å². The van der Waals surface area contributed by atoms with Gasteiger partial charge in [0, 0.05) is 9.90 Å². The van der Waals surface area contributed by atoms with Crippen molar-refractivity contribution >= 4 is 34.3 Å². The lowest BCUT2D eigenvalue weighted by atomic mass is 10.1. The summed E-state index contributed by atoms with van der Waals surface area (Å²) in [6.07, 6.45) is 1.01. The van der Waals surface area contributed by atoms with Crippen molar-refractivity contribution in [1.82, 2.24) is 0 Å². The van der Waals surface area contributed by atoms with Gasteiger partial charge in [-0.2, -0.15) is 0 Å². The average Bonchev–Trinajstić information content (AvgIpc) is 2.84. The number of rotatable bonds is 4. The Morgan fingerprint density at radius 2 is 2.24 bits per heavy atom. The van der Waals surface area contributed by atoms with Crippen molar-refractivity contribution in [2.45, 2.75) is 19.4 Å². The van der Waals surface area contributed by atoms with Crippen LogP contribution < -0.4 is 11.1 Å². The fourth-order valence-electron chi connectivity index (χ4n) is 1.71. The number of halogens is 1. The van der Waals surface area contributed by atoms with Gasteiger partial charge in [0.2, 0.25) is 0 Å². The van der Waals surface area contributed by atoms with Gasteiger partial charge in [-0.05, 0) is 36.1 Å². The van der Waals surface area contributed by atoms with Crippen molar-refractivity contribution in [1.29, 1.82) is 0 Å². The van der Waals surface area contributed by atoms with E-state index in [0.29, 0.717) is 5.02 Å². The topological polar surface area (TPSA) is 38.0 Å². The van der Waals surface area contributed by atoms with Gasteiger partial charge in [-0.1, -0.05) is 24.6 Å². The van der Waals surface area contributed by atoms with Crippen LogP contribution in [0.5, 0.6) is 0 Å². The van der Waals surface area contributed by atoms with Crippen molar-refractivity contribution in [2.24, 2.45) is 0 Å². The Balaban J connectivity index is 2.21. The van der Waals surface area contributed by atoms with E-state index < -0.39 is 0 Å². The predicted octanol–water partition coefficient (Wildman–Crippen LogP) is 4.55. The van der Waals surface area contributed by atoms with Gasteiger partial charge in [0.1, 0.15) is 0 Å². The van der Waals surface area contributed by atoms with E-state index in [1.807, 2.05) is 12.1 Å². The molecule has 0 aliphatic rings. The highest BCUT2D eigenvalue weighted by molar-refractivity contribution is 7.10. The number of nitrogens with two attached hydrogens (primary N) is 1. The third kappa shape index (κ3) is 2.93. The molecule has 1 unspecified atom stereocenters. The molecule has 0 radical (unpaired) electrons. The molecule has 1 aromatic carbocycles. The summed E-state index contributed by atoms with van der Waals surface area (Å²) >= 11 is 7.72. The maximum Gasteiger partial charge on any atom is 0.0604 e. The minimum absolute atomic E-state index is 0.288. The molecule has 0 spiro atoms. The van der Waals surface area contributed by atoms with Gasteiger partial charge in [0.15, 0.2) is 0 Å². The summed E-state index contributed by atoms with van der Waals surface area (Å²) in [7, 11) is 0. The molecule has 0 saturated carbocycles. The minimum Gasteiger partial charge on any atom is -0.397 e. The molecule has 2 rings (SSSR count). The van der Waals surface area contributed by atoms with Crippen molar-refractivity contribution in [3.05, 3.63) is 45.6 Å². The third-order valence-electron chi connectivity index (χ3n) is 2.64. The highest BCUT2D eigenvalue weighted by atomic mass is 35.5. The zero-order chi connectivity index (χ0) is 12.3. The summed E-state index contributed by atoms with van der Waals surface area (Å²) in [4.78, 5) is 1.31. The number of hydrogen-bond donors (Lipinski definition) is 2. The molecule has 0 bridgehead atoms. The molecule has 4 heteroatoms. The second-order valence-electron chi connectivity index (χ2n) is 3.85. The molecule has 0 amide bonds. The van der Waals surface area contributed by atoms with Gasteiger partial charge in [-0.15, -0.1) is 11.3 Å². The van der Waals surface area contributed by atoms with Crippen molar-refractivity contribution < 1.29 is 0 Å². The largest absolute Gasteiger partial charge is 0.397 e. The highest BCUT2D eigenvalue weighted by Gasteiger charge is 2.11. The summed E-state index contributed by atoms with van der Waals surface area (Å²) in [6, 6.07) is 9.97. The first-order chi connectivity index (χ1) is 8.20. The number of anilines is 2. The molecule has 0 aliphatic heterocycles. The molecule has 0 fully saturated rings. The van der Waals surface area contributed by atoms with E-state index in [2.05, 4.69) is 29.8 Å². The minimum atomic E-state index is 0.288. The summed E-state index contributed by atoms with van der Waals surface area (Å²) in [5, 5.41) is 6.22. The fraction of sp³-hybridized carbons (Fsp3) is 0.231. The summed E-state index contributed by atoms with van der Waals surface area (Å²) in [5.74, 6) is 0. The molecular formula is C13H15ClN2S. The average molecular weight is 267 g/mol. The Morgan fingerprint density at radius 1 is 1.41 bits per heavy atom. The maximum atomic E-state index is 5.98. The molecule has 1 atom stereocenters. The van der Waals surface area contributed by atoms with E-state index >= 15 is 0 Å². The Hall–Kier alpha value is -1.19. The van der Waals surface area contributed by atoms with Crippen LogP contribution in [0, 0.1) is 0 Å². The van der Waals surface area contributed by atoms with E-state index in [1.165, 1.54) is 4.88 Å². The molecule has 1 heterocycles. The third-order valence-corrected chi connectivity index (χ3v) is 3.86. The van der Waals surface area contributed by atoms with E-state index in [9.17, 15) is 0 Å². The van der Waals surface area contributed by atoms with Crippen LogP contribution in [0.4, 0.5) is 11.4 Å². The number of hydrogen-bond acceptors (Lipinski definition) is 3. The Bertz CT molecular complexity index is 482. The second kappa shape index (κ2) is 5.43. The lowest BCUT2D eigenvalue weighted by Crippen LogP contribution is -2.09. The number of thiophene rings is 1. The SMILES string of the molecule is CCC(Nc1cc(Cl)ccc1N)c1cccs1. The monoisotopic (exact) mass is 266 g/mol. The molecule has 90 valence electrons. The summed E-state index contributed by atoms with van der Waals surface area (Å²) in [6.45, 7) is 2.15. The van der Waals surface area contributed by atoms with Crippen LogP contribution in [0.1, 0.15) is 24.3 Å². The standard InChI is InChI=1S/C13H15ClN2S/c1-2-11(13-4-3-7-17-13)16-12-8-9(14)5-6-10(12)15/h3-8,11,16H,2,15H2,1H3. The predicted molar refractivity (Wildman–Crippen MR) is 76.8 cm³/mol. The van der Waals surface area contributed by atoms with Crippen LogP contribution in [0.2, 0.25) is 5.02 Å². The highest BCUT2D eigenvalue weighted by Crippen LogP contribution is 2.30. The molecule has 0 aliphatic carbocycles. The summed E-state index contributed by atoms with van der Waals surface area (Å²) < 4.78 is 0. The molecular weight excluding hydrogens is 252 g/mol. The first-order valence-electron chi connectivity index (χ1n) is 5.55. The molecule has 1 aromatic heterocycles. The van der Waals surface area contributed by atoms with E-state index in [-0.39, 0.29) is 6.04 Å². The number of benzene rings is 1. The van der Waals surface area contributed by atoms with Crippen LogP contribution in [0.3, 0.4) is 0 Å². The van der Waals surface area contributed by atoms with Crippen LogP contribution in [-0.2, 0) is 0 Å². The van der Waals surface area contributed by atoms with Gasteiger partial charge in [0.25, 0.3) is 0 Å². The van der Waals surface area contributed by atoms with Crippen LogP contribution >= 0.6 is 22.9 Å². The summed E-state index contributed by atoms with van der Waals surface area (Å²) in [5.41, 5.74) is 7.56. The first-order valence-corrected chi connectivity index (χ1v) is 6.81. The molecule has 2 nitrogen and oxygen atoms in total. The van der Waals surface area contributed by atoms with Crippen molar-refractivity contribution in [2.75, 3.05) is 11.1 Å². The molecule has 17 heavy (non-hydrogen) atoms. The van der Waals surface area contributed by atoms with Crippen LogP contribution in [0.25, 0.3) is 0 Å². The molecule has 0 saturated heterocycles. The maximum absolute atomic E-state index is 5.98. The van der Waals surface area contributed by atoms with E-state index in [1.54, 1.807) is 17.4 Å². The molecule has 3 N–H and O–H groups in total. The molecule has 2 aromatic rings.